The number of likely N-dealkylation sites (tertiary alicyclic amines) is 1. The van der Waals surface area contributed by atoms with Crippen molar-refractivity contribution in [3.8, 4) is 0 Å². The van der Waals surface area contributed by atoms with E-state index in [2.05, 4.69) is 11.4 Å². The van der Waals surface area contributed by atoms with Crippen LogP contribution in [-0.2, 0) is 14.3 Å². The Kier molecular flexibility index (Phi) is 6.90. The third-order valence-electron chi connectivity index (χ3n) is 4.57. The van der Waals surface area contributed by atoms with Gasteiger partial charge in [0.1, 0.15) is 0 Å². The van der Waals surface area contributed by atoms with Crippen LogP contribution in [0, 0.1) is 5.92 Å². The van der Waals surface area contributed by atoms with Gasteiger partial charge in [0.2, 0.25) is 11.8 Å². The Labute approximate surface area is 133 Å². The van der Waals surface area contributed by atoms with Crippen molar-refractivity contribution in [2.24, 2.45) is 5.92 Å². The fourth-order valence-electron chi connectivity index (χ4n) is 3.17. The van der Waals surface area contributed by atoms with E-state index in [-0.39, 0.29) is 17.7 Å². The molecule has 1 N–H and O–H groups in total. The van der Waals surface area contributed by atoms with Crippen LogP contribution in [0.25, 0.3) is 0 Å². The lowest BCUT2D eigenvalue weighted by molar-refractivity contribution is -0.138. The number of methoxy groups -OCH3 is 1. The second-order valence-electron chi connectivity index (χ2n) is 6.22. The summed E-state index contributed by atoms with van der Waals surface area (Å²) >= 11 is 0. The number of nitrogens with zero attached hydrogens (tertiary/aromatic N) is 1. The molecule has 1 atom stereocenters. The summed E-state index contributed by atoms with van der Waals surface area (Å²) in [7, 11) is 1.62. The summed E-state index contributed by atoms with van der Waals surface area (Å²) in [5, 5.41) is 3.04. The SMILES string of the molecule is COCCN1CC(C(=O)NCCC2=CCCCC2)CCC1=O. The topological polar surface area (TPSA) is 58.6 Å². The van der Waals surface area contributed by atoms with Crippen molar-refractivity contribution in [3.63, 3.8) is 0 Å². The van der Waals surface area contributed by atoms with E-state index in [1.807, 2.05) is 0 Å². The molecule has 22 heavy (non-hydrogen) atoms. The maximum Gasteiger partial charge on any atom is 0.224 e. The molecule has 1 heterocycles. The molecule has 2 amide bonds. The number of ether oxygens (including phenoxy) is 1. The molecule has 0 aromatic heterocycles. The summed E-state index contributed by atoms with van der Waals surface area (Å²) in [5.74, 6) is 0.148. The monoisotopic (exact) mass is 308 g/mol. The highest BCUT2D eigenvalue weighted by Gasteiger charge is 2.29. The molecule has 0 aromatic carbocycles. The molecule has 0 saturated carbocycles. The first-order chi connectivity index (χ1) is 10.7. The number of piperidine rings is 1. The average Bonchev–Trinajstić information content (AvgIpc) is 2.55. The van der Waals surface area contributed by atoms with Crippen LogP contribution >= 0.6 is 0 Å². The molecule has 1 aliphatic heterocycles. The van der Waals surface area contributed by atoms with Gasteiger partial charge in [-0.1, -0.05) is 11.6 Å². The lowest BCUT2D eigenvalue weighted by Crippen LogP contribution is -2.46. The number of carbonyl (C=O) groups is 2. The molecule has 0 bridgehead atoms. The van der Waals surface area contributed by atoms with Gasteiger partial charge < -0.3 is 15.0 Å². The van der Waals surface area contributed by atoms with Crippen LogP contribution in [0.2, 0.25) is 0 Å². The van der Waals surface area contributed by atoms with Crippen molar-refractivity contribution < 1.29 is 14.3 Å². The van der Waals surface area contributed by atoms with Gasteiger partial charge in [-0.25, -0.2) is 0 Å². The molecule has 1 unspecified atom stereocenters. The van der Waals surface area contributed by atoms with Crippen LogP contribution in [0.4, 0.5) is 0 Å². The fraction of sp³-hybridized carbons (Fsp3) is 0.765. The van der Waals surface area contributed by atoms with E-state index in [1.165, 1.54) is 31.3 Å². The highest BCUT2D eigenvalue weighted by atomic mass is 16.5. The van der Waals surface area contributed by atoms with Crippen LogP contribution in [0.1, 0.15) is 44.9 Å². The first kappa shape index (κ1) is 17.0. The van der Waals surface area contributed by atoms with Gasteiger partial charge in [-0.15, -0.1) is 0 Å². The Morgan fingerprint density at radius 1 is 1.41 bits per heavy atom. The summed E-state index contributed by atoms with van der Waals surface area (Å²) in [6.45, 7) is 2.34. The van der Waals surface area contributed by atoms with Gasteiger partial charge in [0.25, 0.3) is 0 Å². The fourth-order valence-corrected chi connectivity index (χ4v) is 3.17. The van der Waals surface area contributed by atoms with Crippen molar-refractivity contribution in [1.82, 2.24) is 10.2 Å². The van der Waals surface area contributed by atoms with E-state index in [0.717, 1.165) is 6.42 Å². The van der Waals surface area contributed by atoms with E-state index in [4.69, 9.17) is 4.74 Å². The minimum atomic E-state index is -0.0742. The number of rotatable bonds is 7. The number of allylic oxidation sites excluding steroid dienone is 1. The third kappa shape index (κ3) is 5.13. The Hall–Kier alpha value is -1.36. The van der Waals surface area contributed by atoms with Crippen molar-refractivity contribution in [1.29, 1.82) is 0 Å². The number of nitrogens with one attached hydrogen (secondary N) is 1. The smallest absolute Gasteiger partial charge is 0.224 e. The minimum absolute atomic E-state index is 0.0742. The Morgan fingerprint density at radius 2 is 2.27 bits per heavy atom. The van der Waals surface area contributed by atoms with Crippen LogP contribution in [0.15, 0.2) is 11.6 Å². The molecule has 5 heteroatoms. The zero-order valence-electron chi connectivity index (χ0n) is 13.6. The van der Waals surface area contributed by atoms with Crippen LogP contribution in [0.3, 0.4) is 0 Å². The van der Waals surface area contributed by atoms with E-state index in [0.29, 0.717) is 39.1 Å². The molecule has 2 aliphatic rings. The second kappa shape index (κ2) is 8.93. The summed E-state index contributed by atoms with van der Waals surface area (Å²) in [4.78, 5) is 25.8. The summed E-state index contributed by atoms with van der Waals surface area (Å²) in [6.07, 6.45) is 9.35. The third-order valence-corrected chi connectivity index (χ3v) is 4.57. The summed E-state index contributed by atoms with van der Waals surface area (Å²) in [5.41, 5.74) is 1.48. The molecule has 0 spiro atoms. The van der Waals surface area contributed by atoms with Crippen LogP contribution in [0.5, 0.6) is 0 Å². The van der Waals surface area contributed by atoms with E-state index in [1.54, 1.807) is 12.0 Å². The van der Waals surface area contributed by atoms with E-state index in [9.17, 15) is 9.59 Å². The normalized spacial score (nSPS) is 22.4. The molecule has 1 saturated heterocycles. The van der Waals surface area contributed by atoms with Crippen LogP contribution < -0.4 is 5.32 Å². The predicted molar refractivity (Wildman–Crippen MR) is 85.4 cm³/mol. The molecule has 0 radical (unpaired) electrons. The van der Waals surface area contributed by atoms with Gasteiger partial charge in [0, 0.05) is 33.2 Å². The quantitative estimate of drug-likeness (QED) is 0.731. The van der Waals surface area contributed by atoms with Crippen LogP contribution in [-0.4, -0.2) is 50.1 Å². The van der Waals surface area contributed by atoms with Crippen molar-refractivity contribution in [3.05, 3.63) is 11.6 Å². The molecular weight excluding hydrogens is 280 g/mol. The highest BCUT2D eigenvalue weighted by Crippen LogP contribution is 2.20. The van der Waals surface area contributed by atoms with Crippen molar-refractivity contribution >= 4 is 11.8 Å². The Balaban J connectivity index is 1.72. The zero-order valence-corrected chi connectivity index (χ0v) is 13.6. The molecule has 0 aromatic rings. The van der Waals surface area contributed by atoms with Crippen molar-refractivity contribution in [2.75, 3.05) is 33.4 Å². The van der Waals surface area contributed by atoms with E-state index < -0.39 is 0 Å². The van der Waals surface area contributed by atoms with Gasteiger partial charge in [-0.3, -0.25) is 9.59 Å². The number of amides is 2. The Bertz CT molecular complexity index is 420. The first-order valence-corrected chi connectivity index (χ1v) is 8.43. The summed E-state index contributed by atoms with van der Waals surface area (Å²) in [6, 6.07) is 0. The number of hydrogen-bond donors (Lipinski definition) is 1. The highest BCUT2D eigenvalue weighted by molar-refractivity contribution is 5.83. The number of carbonyl (C=O) groups excluding carboxylic acids is 2. The van der Waals surface area contributed by atoms with E-state index >= 15 is 0 Å². The maximum atomic E-state index is 12.3. The average molecular weight is 308 g/mol. The second-order valence-corrected chi connectivity index (χ2v) is 6.22. The van der Waals surface area contributed by atoms with Gasteiger partial charge in [-0.2, -0.15) is 0 Å². The van der Waals surface area contributed by atoms with Gasteiger partial charge >= 0.3 is 0 Å². The standard InChI is InChI=1S/C17H28N2O3/c1-22-12-11-19-13-15(7-8-16(19)20)17(21)18-10-9-14-5-3-2-4-6-14/h5,15H,2-4,6-13H2,1H3,(H,18,21). The van der Waals surface area contributed by atoms with Gasteiger partial charge in [0.15, 0.2) is 0 Å². The van der Waals surface area contributed by atoms with Gasteiger partial charge in [-0.05, 0) is 38.5 Å². The van der Waals surface area contributed by atoms with Gasteiger partial charge in [0.05, 0.1) is 12.5 Å². The largest absolute Gasteiger partial charge is 0.383 e. The number of hydrogen-bond acceptors (Lipinski definition) is 3. The molecule has 124 valence electrons. The molecule has 1 fully saturated rings. The maximum absolute atomic E-state index is 12.3. The molecule has 5 nitrogen and oxygen atoms in total. The molecular formula is C17H28N2O3. The van der Waals surface area contributed by atoms with Crippen molar-refractivity contribution in [2.45, 2.75) is 44.9 Å². The zero-order chi connectivity index (χ0) is 15.8. The predicted octanol–water partition coefficient (Wildman–Crippen LogP) is 1.88. The minimum Gasteiger partial charge on any atom is -0.383 e. The lowest BCUT2D eigenvalue weighted by Gasteiger charge is -2.31. The summed E-state index contributed by atoms with van der Waals surface area (Å²) < 4.78 is 5.02. The Morgan fingerprint density at radius 3 is 3.00 bits per heavy atom. The molecule has 1 aliphatic carbocycles. The first-order valence-electron chi connectivity index (χ1n) is 8.43. The lowest BCUT2D eigenvalue weighted by atomic mass is 9.95. The molecule has 2 rings (SSSR count).